The lowest BCUT2D eigenvalue weighted by Gasteiger charge is -2.19. The van der Waals surface area contributed by atoms with Crippen molar-refractivity contribution in [2.75, 3.05) is 0 Å². The summed E-state index contributed by atoms with van der Waals surface area (Å²) in [5.41, 5.74) is 0. The van der Waals surface area contributed by atoms with Gasteiger partial charge in [-0.15, -0.1) is 0 Å². The lowest BCUT2D eigenvalue weighted by atomic mass is 10.1. The Labute approximate surface area is 63.3 Å². The normalized spacial score (nSPS) is 21.9. The first-order valence-electron chi connectivity index (χ1n) is 3.14. The average Bonchev–Trinajstić information content (AvgIpc) is 2.00. The number of aliphatic hydroxyl groups excluding tert-OH is 3. The monoisotopic (exact) mass is 165 g/mol. The molecule has 66 valence electrons. The maximum absolute atomic E-state index is 12.2. The van der Waals surface area contributed by atoms with E-state index in [2.05, 4.69) is 0 Å². The van der Waals surface area contributed by atoms with Gasteiger partial charge >= 0.3 is 0 Å². The van der Waals surface area contributed by atoms with Crippen LogP contribution < -0.4 is 0 Å². The van der Waals surface area contributed by atoms with Crippen molar-refractivity contribution in [3.05, 3.63) is 0 Å². The lowest BCUT2D eigenvalue weighted by molar-refractivity contribution is -0.123. The number of halogens is 1. The Kier molecular flexibility index (Phi) is 4.17. The van der Waals surface area contributed by atoms with Crippen LogP contribution in [0, 0.1) is 0 Å². The first-order valence-corrected chi connectivity index (χ1v) is 3.14. The Morgan fingerprint density at radius 2 is 1.73 bits per heavy atom. The van der Waals surface area contributed by atoms with Crippen LogP contribution in [-0.2, 0) is 4.79 Å². The fourth-order valence-corrected chi connectivity index (χ4v) is 0.554. The van der Waals surface area contributed by atoms with E-state index in [0.717, 1.165) is 0 Å². The van der Waals surface area contributed by atoms with Crippen LogP contribution in [0.2, 0.25) is 0 Å². The van der Waals surface area contributed by atoms with Crippen LogP contribution in [0.1, 0.15) is 6.92 Å². The van der Waals surface area contributed by atoms with E-state index in [9.17, 15) is 9.18 Å². The predicted octanol–water partition coefficient (Wildman–Crippen LogP) is -1.37. The van der Waals surface area contributed by atoms with Gasteiger partial charge in [-0.05, 0) is 6.92 Å². The van der Waals surface area contributed by atoms with Gasteiger partial charge in [0, 0.05) is 0 Å². The quantitative estimate of drug-likeness (QED) is 0.449. The summed E-state index contributed by atoms with van der Waals surface area (Å²) >= 11 is 0. The van der Waals surface area contributed by atoms with Crippen molar-refractivity contribution in [2.45, 2.75) is 31.4 Å². The van der Waals surface area contributed by atoms with E-state index in [1.807, 2.05) is 0 Å². The number of carbonyl (C=O) groups is 1. The SMILES string of the molecule is C[C@H](O)[C@H](O)[C@@H](O)[C@@H]([18F])C=O. The Morgan fingerprint density at radius 1 is 1.27 bits per heavy atom. The number of alkyl halides is 1. The number of carbonyl (C=O) groups excluding carboxylic acids is 1. The second-order valence-electron chi connectivity index (χ2n) is 2.30. The summed E-state index contributed by atoms with van der Waals surface area (Å²) in [6, 6.07) is 0. The smallest absolute Gasteiger partial charge is 0.183 e. The van der Waals surface area contributed by atoms with Crippen LogP contribution in [0.25, 0.3) is 0 Å². The number of hydrogen-bond acceptors (Lipinski definition) is 4. The van der Waals surface area contributed by atoms with Gasteiger partial charge in [0.05, 0.1) is 6.10 Å². The van der Waals surface area contributed by atoms with Gasteiger partial charge in [-0.1, -0.05) is 0 Å². The Bertz CT molecular complexity index is 128. The molecule has 11 heavy (non-hydrogen) atoms. The van der Waals surface area contributed by atoms with Gasteiger partial charge in [-0.3, -0.25) is 0 Å². The summed E-state index contributed by atoms with van der Waals surface area (Å²) in [6.45, 7) is 1.19. The molecule has 0 unspecified atom stereocenters. The molecule has 0 saturated carbocycles. The van der Waals surface area contributed by atoms with E-state index in [4.69, 9.17) is 15.3 Å². The summed E-state index contributed by atoms with van der Waals surface area (Å²) in [5, 5.41) is 26.2. The molecule has 0 aromatic heterocycles. The minimum Gasteiger partial charge on any atom is -0.391 e. The average molecular weight is 165 g/mol. The van der Waals surface area contributed by atoms with Crippen LogP contribution in [0.5, 0.6) is 0 Å². The highest BCUT2D eigenvalue weighted by molar-refractivity contribution is 5.56. The topological polar surface area (TPSA) is 77.8 Å². The van der Waals surface area contributed by atoms with Crippen molar-refractivity contribution in [1.82, 2.24) is 0 Å². The Morgan fingerprint density at radius 3 is 2.00 bits per heavy atom. The minimum absolute atomic E-state index is 0.129. The van der Waals surface area contributed by atoms with Crippen LogP contribution in [-0.4, -0.2) is 46.1 Å². The first-order chi connectivity index (χ1) is 5.00. The van der Waals surface area contributed by atoms with Gasteiger partial charge in [-0.25, -0.2) is 4.39 Å². The zero-order valence-corrected chi connectivity index (χ0v) is 6.01. The van der Waals surface area contributed by atoms with E-state index in [1.165, 1.54) is 6.92 Å². The fourth-order valence-electron chi connectivity index (χ4n) is 0.554. The summed E-state index contributed by atoms with van der Waals surface area (Å²) in [7, 11) is 0. The second-order valence-corrected chi connectivity index (χ2v) is 2.30. The first kappa shape index (κ1) is 10.5. The summed E-state index contributed by atoms with van der Waals surface area (Å²) in [4.78, 5) is 9.75. The third kappa shape index (κ3) is 2.92. The molecule has 0 aliphatic carbocycles. The van der Waals surface area contributed by atoms with Crippen molar-refractivity contribution in [1.29, 1.82) is 0 Å². The molecule has 0 heterocycles. The molecular weight excluding hydrogens is 154 g/mol. The van der Waals surface area contributed by atoms with Gasteiger partial charge in [0.25, 0.3) is 0 Å². The van der Waals surface area contributed by atoms with E-state index in [0.29, 0.717) is 0 Å². The number of rotatable bonds is 4. The molecule has 0 saturated heterocycles. The number of aliphatic hydroxyl groups is 3. The minimum atomic E-state index is -2.15. The molecule has 0 aliphatic heterocycles. The lowest BCUT2D eigenvalue weighted by Crippen LogP contribution is -2.42. The Balaban J connectivity index is 4.00. The van der Waals surface area contributed by atoms with Crippen molar-refractivity contribution in [2.24, 2.45) is 0 Å². The van der Waals surface area contributed by atoms with Crippen molar-refractivity contribution in [3.8, 4) is 0 Å². The molecule has 0 bridgehead atoms. The second kappa shape index (κ2) is 4.38. The third-order valence-corrected chi connectivity index (χ3v) is 1.30. The molecule has 4 nitrogen and oxygen atoms in total. The molecular formula is C6H11FO4. The third-order valence-electron chi connectivity index (χ3n) is 1.30. The summed E-state index contributed by atoms with van der Waals surface area (Å²) in [6.07, 6.45) is -7.03. The molecule has 0 rings (SSSR count). The fraction of sp³-hybridized carbons (Fsp3) is 0.833. The molecule has 0 amide bonds. The predicted molar refractivity (Wildman–Crippen MR) is 34.7 cm³/mol. The van der Waals surface area contributed by atoms with Crippen LogP contribution in [0.4, 0.5) is 4.39 Å². The number of aldehydes is 1. The molecule has 3 N–H and O–H groups in total. The molecule has 4 atom stereocenters. The van der Waals surface area contributed by atoms with E-state index in [-0.39, 0.29) is 6.29 Å². The Hall–Kier alpha value is -0.520. The van der Waals surface area contributed by atoms with Crippen molar-refractivity contribution < 1.29 is 24.5 Å². The number of hydrogen-bond donors (Lipinski definition) is 3. The van der Waals surface area contributed by atoms with Crippen molar-refractivity contribution >= 4 is 6.29 Å². The summed E-state index contributed by atoms with van der Waals surface area (Å²) < 4.78 is 12.2. The van der Waals surface area contributed by atoms with E-state index in [1.54, 1.807) is 0 Å². The van der Waals surface area contributed by atoms with Gasteiger partial charge in [0.2, 0.25) is 0 Å². The maximum atomic E-state index is 12.2. The van der Waals surface area contributed by atoms with Gasteiger partial charge in [0.1, 0.15) is 12.2 Å². The molecule has 0 fully saturated rings. The van der Waals surface area contributed by atoms with Gasteiger partial charge < -0.3 is 20.1 Å². The molecule has 0 aliphatic rings. The highest BCUT2D eigenvalue weighted by atomic mass is 18.2. The van der Waals surface area contributed by atoms with Gasteiger partial charge in [0.15, 0.2) is 12.5 Å². The zero-order valence-electron chi connectivity index (χ0n) is 6.01. The highest BCUT2D eigenvalue weighted by Crippen LogP contribution is 2.05. The molecule has 0 spiro atoms. The van der Waals surface area contributed by atoms with Crippen LogP contribution in [0.3, 0.4) is 0 Å². The highest BCUT2D eigenvalue weighted by Gasteiger charge is 2.28. The molecule has 0 aromatic rings. The van der Waals surface area contributed by atoms with Crippen molar-refractivity contribution in [3.63, 3.8) is 0 Å². The largest absolute Gasteiger partial charge is 0.391 e. The molecule has 0 radical (unpaired) electrons. The van der Waals surface area contributed by atoms with E-state index < -0.39 is 24.5 Å². The van der Waals surface area contributed by atoms with E-state index >= 15 is 0 Å². The van der Waals surface area contributed by atoms with Crippen LogP contribution >= 0.6 is 0 Å². The zero-order chi connectivity index (χ0) is 9.02. The standard InChI is InChI=1S/C6H11FO4/c1-3(9)5(10)6(11)4(7)2-8/h2-6,9-11H,1H3/t3-,4-,5-,6-/m0/s1/i7-1. The summed E-state index contributed by atoms with van der Waals surface area (Å²) in [5.74, 6) is 0. The maximum Gasteiger partial charge on any atom is 0.183 e. The van der Waals surface area contributed by atoms with Crippen LogP contribution in [0.15, 0.2) is 0 Å². The molecule has 5 heteroatoms. The molecule has 0 aromatic carbocycles. The van der Waals surface area contributed by atoms with Gasteiger partial charge in [-0.2, -0.15) is 0 Å².